The van der Waals surface area contributed by atoms with Crippen LogP contribution in [0.1, 0.15) is 21.7 Å². The fourth-order valence-electron chi connectivity index (χ4n) is 2.21. The lowest BCUT2D eigenvalue weighted by Crippen LogP contribution is -2.24. The van der Waals surface area contributed by atoms with E-state index in [0.717, 1.165) is 16.3 Å². The number of benzene rings is 1. The topological polar surface area (TPSA) is 54.9 Å². The van der Waals surface area contributed by atoms with E-state index < -0.39 is 0 Å². The minimum absolute atomic E-state index is 0.148. The Morgan fingerprint density at radius 2 is 1.88 bits per heavy atom. The molecule has 0 bridgehead atoms. The van der Waals surface area contributed by atoms with Gasteiger partial charge in [-0.2, -0.15) is 0 Å². The third-order valence-electron chi connectivity index (χ3n) is 3.35. The first-order chi connectivity index (χ1) is 11.7. The van der Waals surface area contributed by atoms with Gasteiger partial charge in [0.2, 0.25) is 0 Å². The van der Waals surface area contributed by atoms with Crippen LogP contribution in [0.5, 0.6) is 0 Å². The van der Waals surface area contributed by atoms with Gasteiger partial charge in [-0.15, -0.1) is 0 Å². The second-order valence-corrected chi connectivity index (χ2v) is 6.29. The van der Waals surface area contributed by atoms with Gasteiger partial charge in [0, 0.05) is 16.8 Å². The second-order valence-electron chi connectivity index (χ2n) is 5.22. The second kappa shape index (κ2) is 7.75. The number of hydrogen-bond acceptors (Lipinski definition) is 4. The molecule has 0 fully saturated rings. The Balaban J connectivity index is 1.73. The predicted molar refractivity (Wildman–Crippen MR) is 94.9 cm³/mol. The first kappa shape index (κ1) is 16.2. The van der Waals surface area contributed by atoms with Crippen LogP contribution in [0.3, 0.4) is 0 Å². The van der Waals surface area contributed by atoms with Crippen LogP contribution in [0.4, 0.5) is 0 Å². The largest absolute Gasteiger partial charge is 0.346 e. The van der Waals surface area contributed by atoms with E-state index >= 15 is 0 Å². The molecule has 5 heteroatoms. The smallest absolute Gasteiger partial charge is 0.254 e. The molecule has 0 unspecified atom stereocenters. The van der Waals surface area contributed by atoms with Gasteiger partial charge in [-0.3, -0.25) is 9.78 Å². The van der Waals surface area contributed by atoms with Crippen molar-refractivity contribution in [3.63, 3.8) is 0 Å². The van der Waals surface area contributed by atoms with E-state index in [2.05, 4.69) is 15.3 Å². The normalized spacial score (nSPS) is 10.4. The number of pyridine rings is 2. The number of aryl methyl sites for hydroxylation is 1. The molecule has 0 aliphatic heterocycles. The average Bonchev–Trinajstić information content (AvgIpc) is 2.61. The van der Waals surface area contributed by atoms with E-state index in [4.69, 9.17) is 0 Å². The number of amides is 1. The minimum Gasteiger partial charge on any atom is -0.346 e. The Bertz CT molecular complexity index is 837. The summed E-state index contributed by atoms with van der Waals surface area (Å²) in [6, 6.07) is 19.2. The van der Waals surface area contributed by atoms with Crippen LogP contribution in [0.15, 0.2) is 76.8 Å². The van der Waals surface area contributed by atoms with Crippen LogP contribution in [-0.4, -0.2) is 15.9 Å². The van der Waals surface area contributed by atoms with Crippen molar-refractivity contribution in [2.75, 3.05) is 0 Å². The summed E-state index contributed by atoms with van der Waals surface area (Å²) in [5.74, 6) is -0.148. The summed E-state index contributed by atoms with van der Waals surface area (Å²) in [7, 11) is 0. The monoisotopic (exact) mass is 335 g/mol. The van der Waals surface area contributed by atoms with Gasteiger partial charge in [0.25, 0.3) is 5.91 Å². The molecule has 1 amide bonds. The number of rotatable bonds is 5. The van der Waals surface area contributed by atoms with Crippen LogP contribution in [-0.2, 0) is 6.54 Å². The highest BCUT2D eigenvalue weighted by molar-refractivity contribution is 7.99. The number of carbonyl (C=O) groups excluding carboxylic acids is 1. The zero-order valence-electron chi connectivity index (χ0n) is 13.3. The van der Waals surface area contributed by atoms with E-state index in [0.29, 0.717) is 17.1 Å². The number of carbonyl (C=O) groups is 1. The van der Waals surface area contributed by atoms with Crippen LogP contribution in [0.2, 0.25) is 0 Å². The average molecular weight is 335 g/mol. The van der Waals surface area contributed by atoms with E-state index in [1.807, 2.05) is 55.5 Å². The van der Waals surface area contributed by atoms with Crippen LogP contribution >= 0.6 is 11.8 Å². The van der Waals surface area contributed by atoms with Gasteiger partial charge in [-0.1, -0.05) is 36.0 Å². The highest BCUT2D eigenvalue weighted by Gasteiger charge is 2.13. The maximum absolute atomic E-state index is 12.5. The fraction of sp³-hybridized carbons (Fsp3) is 0.105. The molecule has 0 spiro atoms. The molecule has 0 saturated carbocycles. The summed E-state index contributed by atoms with van der Waals surface area (Å²) in [5, 5.41) is 3.61. The van der Waals surface area contributed by atoms with E-state index in [-0.39, 0.29) is 5.91 Å². The van der Waals surface area contributed by atoms with Gasteiger partial charge in [0.15, 0.2) is 0 Å². The Morgan fingerprint density at radius 3 is 2.67 bits per heavy atom. The molecule has 3 rings (SSSR count). The predicted octanol–water partition coefficient (Wildman–Crippen LogP) is 3.87. The van der Waals surface area contributed by atoms with Gasteiger partial charge in [-0.25, -0.2) is 4.98 Å². The lowest BCUT2D eigenvalue weighted by atomic mass is 10.2. The van der Waals surface area contributed by atoms with Crippen LogP contribution in [0.25, 0.3) is 0 Å². The first-order valence-electron chi connectivity index (χ1n) is 7.61. The number of nitrogens with zero attached hydrogens (tertiary/aromatic N) is 2. The van der Waals surface area contributed by atoms with E-state index in [1.54, 1.807) is 18.3 Å². The van der Waals surface area contributed by atoms with Crippen molar-refractivity contribution in [1.29, 1.82) is 0 Å². The van der Waals surface area contributed by atoms with Gasteiger partial charge >= 0.3 is 0 Å². The molecule has 0 radical (unpaired) electrons. The van der Waals surface area contributed by atoms with Crippen molar-refractivity contribution in [3.8, 4) is 0 Å². The molecule has 1 aromatic carbocycles. The number of aromatic nitrogens is 2. The van der Waals surface area contributed by atoms with Crippen molar-refractivity contribution in [3.05, 3.63) is 83.8 Å². The Labute approximate surface area is 145 Å². The summed E-state index contributed by atoms with van der Waals surface area (Å²) in [6.45, 7) is 2.33. The quantitative estimate of drug-likeness (QED) is 0.769. The van der Waals surface area contributed by atoms with Crippen molar-refractivity contribution in [2.24, 2.45) is 0 Å². The lowest BCUT2D eigenvalue weighted by molar-refractivity contribution is 0.0946. The molecule has 0 aliphatic rings. The van der Waals surface area contributed by atoms with Gasteiger partial charge in [-0.05, 0) is 43.3 Å². The summed E-state index contributed by atoms with van der Waals surface area (Å²) >= 11 is 1.48. The zero-order valence-corrected chi connectivity index (χ0v) is 14.1. The summed E-state index contributed by atoms with van der Waals surface area (Å²) in [4.78, 5) is 22.3. The molecule has 2 heterocycles. The fourth-order valence-corrected chi connectivity index (χ4v) is 3.11. The highest BCUT2D eigenvalue weighted by atomic mass is 32.2. The molecule has 4 nitrogen and oxygen atoms in total. The summed E-state index contributed by atoms with van der Waals surface area (Å²) < 4.78 is 0. The van der Waals surface area contributed by atoms with Gasteiger partial charge in [0.05, 0.1) is 17.8 Å². The Kier molecular flexibility index (Phi) is 5.23. The lowest BCUT2D eigenvalue weighted by Gasteiger charge is -2.09. The van der Waals surface area contributed by atoms with E-state index in [9.17, 15) is 4.79 Å². The molecule has 3 aromatic rings. The standard InChI is InChI=1S/C19H17N3OS/c1-14-7-5-8-15(22-14)13-21-18(23)17-11-6-12-20-19(17)24-16-9-3-2-4-10-16/h2-12H,13H2,1H3,(H,21,23). The SMILES string of the molecule is Cc1cccc(CNC(=O)c2cccnc2Sc2ccccc2)n1. The molecule has 0 aliphatic carbocycles. The van der Waals surface area contributed by atoms with Crippen molar-refractivity contribution < 1.29 is 4.79 Å². The Morgan fingerprint density at radius 1 is 1.04 bits per heavy atom. The minimum atomic E-state index is -0.148. The summed E-state index contributed by atoms with van der Waals surface area (Å²) in [6.07, 6.45) is 1.70. The first-order valence-corrected chi connectivity index (χ1v) is 8.43. The molecule has 0 atom stereocenters. The maximum atomic E-state index is 12.5. The Hall–Kier alpha value is -2.66. The van der Waals surface area contributed by atoms with Crippen LogP contribution < -0.4 is 5.32 Å². The van der Waals surface area contributed by atoms with Crippen molar-refractivity contribution in [1.82, 2.24) is 15.3 Å². The highest BCUT2D eigenvalue weighted by Crippen LogP contribution is 2.28. The molecule has 24 heavy (non-hydrogen) atoms. The zero-order chi connectivity index (χ0) is 16.8. The third kappa shape index (κ3) is 4.20. The third-order valence-corrected chi connectivity index (χ3v) is 4.38. The summed E-state index contributed by atoms with van der Waals surface area (Å²) in [5.41, 5.74) is 2.34. The van der Waals surface area contributed by atoms with Crippen LogP contribution in [0, 0.1) is 6.92 Å². The maximum Gasteiger partial charge on any atom is 0.254 e. The molecule has 0 saturated heterocycles. The van der Waals surface area contributed by atoms with Crippen molar-refractivity contribution >= 4 is 17.7 Å². The molecule has 2 aromatic heterocycles. The van der Waals surface area contributed by atoms with Gasteiger partial charge < -0.3 is 5.32 Å². The van der Waals surface area contributed by atoms with Gasteiger partial charge in [0.1, 0.15) is 5.03 Å². The molecule has 120 valence electrons. The number of nitrogens with one attached hydrogen (secondary N) is 1. The molecular formula is C19H17N3OS. The van der Waals surface area contributed by atoms with E-state index in [1.165, 1.54) is 11.8 Å². The molecular weight excluding hydrogens is 318 g/mol. The van der Waals surface area contributed by atoms with Crippen molar-refractivity contribution in [2.45, 2.75) is 23.4 Å². The molecule has 1 N–H and O–H groups in total. The number of hydrogen-bond donors (Lipinski definition) is 1.